The van der Waals surface area contributed by atoms with Crippen LogP contribution in [0.1, 0.15) is 17.4 Å². The summed E-state index contributed by atoms with van der Waals surface area (Å²) in [6.45, 7) is 1.82. The van der Waals surface area contributed by atoms with Crippen molar-refractivity contribution in [2.24, 2.45) is 5.73 Å². The number of anilines is 1. The number of nitrogens with one attached hydrogen (secondary N) is 1. The SMILES string of the molecule is CCOC(=O)c1nc(-c2cccc(OC)c2)oc1NC(N)=O. The number of amides is 2. The van der Waals surface area contributed by atoms with Gasteiger partial charge in [0.2, 0.25) is 17.5 Å². The lowest BCUT2D eigenvalue weighted by Gasteiger charge is -2.00. The minimum Gasteiger partial charge on any atom is -0.497 e. The molecule has 0 fully saturated rings. The highest BCUT2D eigenvalue weighted by molar-refractivity contribution is 5.97. The van der Waals surface area contributed by atoms with Crippen LogP contribution in [0, 0.1) is 0 Å². The molecule has 3 N–H and O–H groups in total. The molecule has 2 rings (SSSR count). The molecule has 8 nitrogen and oxygen atoms in total. The van der Waals surface area contributed by atoms with Gasteiger partial charge in [-0.2, -0.15) is 4.98 Å². The van der Waals surface area contributed by atoms with E-state index in [2.05, 4.69) is 10.3 Å². The fourth-order valence-corrected chi connectivity index (χ4v) is 1.73. The molecule has 2 aromatic rings. The highest BCUT2D eigenvalue weighted by Gasteiger charge is 2.23. The number of primary amides is 1. The van der Waals surface area contributed by atoms with E-state index < -0.39 is 12.0 Å². The van der Waals surface area contributed by atoms with E-state index >= 15 is 0 Å². The summed E-state index contributed by atoms with van der Waals surface area (Å²) in [5, 5.41) is 2.21. The highest BCUT2D eigenvalue weighted by Crippen LogP contribution is 2.28. The largest absolute Gasteiger partial charge is 0.497 e. The average molecular weight is 305 g/mol. The van der Waals surface area contributed by atoms with E-state index in [9.17, 15) is 9.59 Å². The van der Waals surface area contributed by atoms with Crippen molar-refractivity contribution in [3.05, 3.63) is 30.0 Å². The van der Waals surface area contributed by atoms with Crippen molar-refractivity contribution in [3.8, 4) is 17.2 Å². The van der Waals surface area contributed by atoms with Crippen LogP contribution in [0.5, 0.6) is 5.75 Å². The van der Waals surface area contributed by atoms with E-state index in [0.29, 0.717) is 11.3 Å². The number of hydrogen-bond donors (Lipinski definition) is 2. The molecule has 0 aliphatic heterocycles. The molecule has 1 aromatic carbocycles. The molecule has 0 spiro atoms. The monoisotopic (exact) mass is 305 g/mol. The van der Waals surface area contributed by atoms with Crippen molar-refractivity contribution in [3.63, 3.8) is 0 Å². The van der Waals surface area contributed by atoms with Gasteiger partial charge >= 0.3 is 12.0 Å². The van der Waals surface area contributed by atoms with Crippen LogP contribution in [0.3, 0.4) is 0 Å². The summed E-state index contributed by atoms with van der Waals surface area (Å²) < 4.78 is 15.4. The molecule has 0 radical (unpaired) electrons. The molecule has 0 saturated carbocycles. The Labute approximate surface area is 126 Å². The van der Waals surface area contributed by atoms with Crippen LogP contribution in [0.2, 0.25) is 0 Å². The van der Waals surface area contributed by atoms with Crippen LogP contribution in [0.25, 0.3) is 11.5 Å². The van der Waals surface area contributed by atoms with Gasteiger partial charge in [-0.3, -0.25) is 5.32 Å². The van der Waals surface area contributed by atoms with Crippen molar-refractivity contribution in [2.45, 2.75) is 6.92 Å². The lowest BCUT2D eigenvalue weighted by Crippen LogP contribution is -2.20. The van der Waals surface area contributed by atoms with Crippen LogP contribution in [-0.4, -0.2) is 30.7 Å². The number of nitrogens with two attached hydrogens (primary N) is 1. The molecule has 0 aliphatic rings. The molecule has 116 valence electrons. The summed E-state index contributed by atoms with van der Waals surface area (Å²) in [6.07, 6.45) is 0. The summed E-state index contributed by atoms with van der Waals surface area (Å²) in [7, 11) is 1.53. The topological polar surface area (TPSA) is 117 Å². The summed E-state index contributed by atoms with van der Waals surface area (Å²) in [6, 6.07) is 6.01. The zero-order chi connectivity index (χ0) is 16.1. The van der Waals surface area contributed by atoms with Crippen molar-refractivity contribution in [1.82, 2.24) is 4.98 Å². The molecule has 0 bridgehead atoms. The number of aromatic nitrogens is 1. The number of ether oxygens (including phenoxy) is 2. The number of hydrogen-bond acceptors (Lipinski definition) is 6. The van der Waals surface area contributed by atoms with Gasteiger partial charge in [0, 0.05) is 5.56 Å². The van der Waals surface area contributed by atoms with Gasteiger partial charge in [-0.25, -0.2) is 9.59 Å². The standard InChI is InChI=1S/C14H15N3O5/c1-3-21-13(18)10-12(17-14(15)19)22-11(16-10)8-5-4-6-9(7-8)20-2/h4-7H,3H2,1-2H3,(H3,15,17,19). The number of methoxy groups -OCH3 is 1. The third kappa shape index (κ3) is 3.35. The molecule has 0 unspecified atom stereocenters. The smallest absolute Gasteiger partial charge is 0.362 e. The molecule has 22 heavy (non-hydrogen) atoms. The second-order valence-electron chi connectivity index (χ2n) is 4.14. The summed E-state index contributed by atoms with van der Waals surface area (Å²) >= 11 is 0. The predicted molar refractivity (Wildman–Crippen MR) is 77.7 cm³/mol. The summed E-state index contributed by atoms with van der Waals surface area (Å²) in [5.41, 5.74) is 5.47. The Morgan fingerprint density at radius 2 is 2.18 bits per heavy atom. The number of carbonyl (C=O) groups is 2. The Morgan fingerprint density at radius 1 is 1.41 bits per heavy atom. The number of carbonyl (C=O) groups excluding carboxylic acids is 2. The van der Waals surface area contributed by atoms with E-state index in [0.717, 1.165) is 0 Å². The minimum atomic E-state index is -0.876. The first-order valence-corrected chi connectivity index (χ1v) is 6.44. The maximum atomic E-state index is 11.9. The maximum Gasteiger partial charge on any atom is 0.362 e. The van der Waals surface area contributed by atoms with E-state index in [1.807, 2.05) is 0 Å². The number of oxazole rings is 1. The summed E-state index contributed by atoms with van der Waals surface area (Å²) in [4.78, 5) is 26.9. The number of nitrogens with zero attached hydrogens (tertiary/aromatic N) is 1. The van der Waals surface area contributed by atoms with E-state index in [-0.39, 0.29) is 24.1 Å². The van der Waals surface area contributed by atoms with Gasteiger partial charge in [0.15, 0.2) is 0 Å². The molecule has 1 heterocycles. The van der Waals surface area contributed by atoms with E-state index in [4.69, 9.17) is 19.6 Å². The number of rotatable bonds is 5. The molecular weight excluding hydrogens is 290 g/mol. The van der Waals surface area contributed by atoms with Gasteiger partial charge in [0.1, 0.15) is 5.75 Å². The number of urea groups is 1. The molecule has 0 aliphatic carbocycles. The number of benzene rings is 1. The Morgan fingerprint density at radius 3 is 2.82 bits per heavy atom. The average Bonchev–Trinajstić information content (AvgIpc) is 2.91. The third-order valence-electron chi connectivity index (χ3n) is 2.65. The first kappa shape index (κ1) is 15.4. The molecule has 2 amide bonds. The quantitative estimate of drug-likeness (QED) is 0.816. The molecule has 8 heteroatoms. The first-order chi connectivity index (χ1) is 10.5. The zero-order valence-electron chi connectivity index (χ0n) is 12.1. The second-order valence-corrected chi connectivity index (χ2v) is 4.14. The van der Waals surface area contributed by atoms with E-state index in [1.165, 1.54) is 7.11 Å². The van der Waals surface area contributed by atoms with Crippen molar-refractivity contribution < 1.29 is 23.5 Å². The van der Waals surface area contributed by atoms with Gasteiger partial charge in [-0.15, -0.1) is 0 Å². The van der Waals surface area contributed by atoms with Gasteiger partial charge in [-0.05, 0) is 25.1 Å². The Bertz CT molecular complexity index is 696. The normalized spacial score (nSPS) is 10.1. The Balaban J connectivity index is 2.44. The number of esters is 1. The van der Waals surface area contributed by atoms with Crippen molar-refractivity contribution in [1.29, 1.82) is 0 Å². The maximum absolute atomic E-state index is 11.9. The third-order valence-corrected chi connectivity index (χ3v) is 2.65. The lowest BCUT2D eigenvalue weighted by atomic mass is 10.2. The Kier molecular flexibility index (Phi) is 4.62. The van der Waals surface area contributed by atoms with Gasteiger partial charge in [-0.1, -0.05) is 6.07 Å². The highest BCUT2D eigenvalue weighted by atomic mass is 16.5. The van der Waals surface area contributed by atoms with Crippen LogP contribution >= 0.6 is 0 Å². The second kappa shape index (κ2) is 6.61. The lowest BCUT2D eigenvalue weighted by molar-refractivity contribution is 0.0521. The molecular formula is C14H15N3O5. The van der Waals surface area contributed by atoms with Gasteiger partial charge in [0.05, 0.1) is 13.7 Å². The first-order valence-electron chi connectivity index (χ1n) is 6.44. The van der Waals surface area contributed by atoms with Crippen LogP contribution in [-0.2, 0) is 4.74 Å². The van der Waals surface area contributed by atoms with Crippen LogP contribution in [0.15, 0.2) is 28.7 Å². The van der Waals surface area contributed by atoms with Crippen molar-refractivity contribution in [2.75, 3.05) is 19.0 Å². The fraction of sp³-hybridized carbons (Fsp3) is 0.214. The molecule has 0 atom stereocenters. The predicted octanol–water partition coefficient (Wildman–Crippen LogP) is 2.02. The molecule has 0 saturated heterocycles. The van der Waals surface area contributed by atoms with Crippen molar-refractivity contribution >= 4 is 17.9 Å². The van der Waals surface area contributed by atoms with E-state index in [1.54, 1.807) is 31.2 Å². The fourth-order valence-electron chi connectivity index (χ4n) is 1.73. The zero-order valence-corrected chi connectivity index (χ0v) is 12.1. The van der Waals surface area contributed by atoms with Crippen LogP contribution < -0.4 is 15.8 Å². The summed E-state index contributed by atoms with van der Waals surface area (Å²) in [5.74, 6) is -0.156. The van der Waals surface area contributed by atoms with Gasteiger partial charge < -0.3 is 19.6 Å². The van der Waals surface area contributed by atoms with Gasteiger partial charge in [0.25, 0.3) is 0 Å². The van der Waals surface area contributed by atoms with Crippen LogP contribution in [0.4, 0.5) is 10.7 Å². The minimum absolute atomic E-state index is 0.130. The molecule has 1 aromatic heterocycles. The Hall–Kier alpha value is -3.03.